The molecule has 0 unspecified atom stereocenters. The van der Waals surface area contributed by atoms with Crippen LogP contribution in [-0.4, -0.2) is 19.6 Å². The molecule has 0 aliphatic heterocycles. The highest BCUT2D eigenvalue weighted by molar-refractivity contribution is 5.52. The van der Waals surface area contributed by atoms with Crippen molar-refractivity contribution in [3.8, 4) is 0 Å². The number of anilines is 1. The molecule has 4 rings (SSSR count). The molecule has 6 heteroatoms. The standard InChI is InChI=1S/C21H20FN5/c1-14-15(2)24-21-25-19(12-17-9-6-10-18(22)11-17)26-27(21)20(14)23-13-16-7-4-3-5-8-16/h3-11,23H,12-13H2,1-2H3. The third kappa shape index (κ3) is 3.65. The van der Waals surface area contributed by atoms with Crippen molar-refractivity contribution < 1.29 is 4.39 Å². The topological polar surface area (TPSA) is 55.1 Å². The zero-order valence-corrected chi connectivity index (χ0v) is 15.3. The first-order valence-electron chi connectivity index (χ1n) is 8.85. The van der Waals surface area contributed by atoms with E-state index in [-0.39, 0.29) is 5.82 Å². The van der Waals surface area contributed by atoms with Crippen molar-refractivity contribution in [3.05, 3.63) is 88.6 Å². The molecule has 0 radical (unpaired) electrons. The highest BCUT2D eigenvalue weighted by Gasteiger charge is 2.14. The van der Waals surface area contributed by atoms with E-state index in [1.54, 1.807) is 10.6 Å². The van der Waals surface area contributed by atoms with Crippen LogP contribution in [0.2, 0.25) is 0 Å². The molecule has 27 heavy (non-hydrogen) atoms. The minimum absolute atomic E-state index is 0.258. The number of hydrogen-bond acceptors (Lipinski definition) is 4. The summed E-state index contributed by atoms with van der Waals surface area (Å²) >= 11 is 0. The summed E-state index contributed by atoms with van der Waals surface area (Å²) in [6.45, 7) is 4.66. The largest absolute Gasteiger partial charge is 0.366 e. The Kier molecular flexibility index (Phi) is 4.54. The van der Waals surface area contributed by atoms with Crippen LogP contribution in [-0.2, 0) is 13.0 Å². The van der Waals surface area contributed by atoms with Crippen LogP contribution >= 0.6 is 0 Å². The number of aromatic nitrogens is 4. The van der Waals surface area contributed by atoms with E-state index in [0.29, 0.717) is 24.6 Å². The molecule has 2 aromatic carbocycles. The summed E-state index contributed by atoms with van der Waals surface area (Å²) in [5, 5.41) is 8.07. The van der Waals surface area contributed by atoms with E-state index in [1.807, 2.05) is 38.1 Å². The Hall–Kier alpha value is -3.28. The number of aryl methyl sites for hydroxylation is 1. The normalized spacial score (nSPS) is 11.1. The molecule has 0 saturated heterocycles. The molecule has 4 aromatic rings. The van der Waals surface area contributed by atoms with E-state index in [1.165, 1.54) is 17.7 Å². The lowest BCUT2D eigenvalue weighted by Crippen LogP contribution is -2.09. The Morgan fingerprint density at radius 2 is 1.74 bits per heavy atom. The Labute approximate surface area is 156 Å². The molecule has 0 atom stereocenters. The summed E-state index contributed by atoms with van der Waals surface area (Å²) < 4.78 is 15.2. The number of rotatable bonds is 5. The first-order valence-corrected chi connectivity index (χ1v) is 8.85. The zero-order valence-electron chi connectivity index (χ0n) is 15.3. The average molecular weight is 361 g/mol. The van der Waals surface area contributed by atoms with Crippen molar-refractivity contribution in [2.24, 2.45) is 0 Å². The second-order valence-corrected chi connectivity index (χ2v) is 6.56. The molecule has 0 spiro atoms. The number of hydrogen-bond donors (Lipinski definition) is 1. The van der Waals surface area contributed by atoms with Crippen LogP contribution in [0.4, 0.5) is 10.2 Å². The van der Waals surface area contributed by atoms with Gasteiger partial charge in [0, 0.05) is 24.2 Å². The molecule has 0 saturated carbocycles. The van der Waals surface area contributed by atoms with E-state index in [0.717, 1.165) is 22.6 Å². The Balaban J connectivity index is 1.67. The molecule has 0 amide bonds. The van der Waals surface area contributed by atoms with Crippen LogP contribution in [0.15, 0.2) is 54.6 Å². The molecule has 136 valence electrons. The van der Waals surface area contributed by atoms with Crippen molar-refractivity contribution in [3.63, 3.8) is 0 Å². The molecule has 5 nitrogen and oxygen atoms in total. The molecule has 0 aliphatic rings. The number of nitrogens with zero attached hydrogens (tertiary/aromatic N) is 4. The van der Waals surface area contributed by atoms with Gasteiger partial charge in [0.25, 0.3) is 5.78 Å². The van der Waals surface area contributed by atoms with Gasteiger partial charge in [-0.25, -0.2) is 9.37 Å². The van der Waals surface area contributed by atoms with Crippen LogP contribution < -0.4 is 5.32 Å². The third-order valence-corrected chi connectivity index (χ3v) is 4.57. The predicted octanol–water partition coefficient (Wildman–Crippen LogP) is 4.08. The maximum Gasteiger partial charge on any atom is 0.254 e. The molecular weight excluding hydrogens is 341 g/mol. The van der Waals surface area contributed by atoms with Crippen molar-refractivity contribution in [2.75, 3.05) is 5.32 Å². The molecule has 2 aromatic heterocycles. The highest BCUT2D eigenvalue weighted by atomic mass is 19.1. The van der Waals surface area contributed by atoms with Crippen molar-refractivity contribution in [1.29, 1.82) is 0 Å². The van der Waals surface area contributed by atoms with Gasteiger partial charge in [0.1, 0.15) is 11.6 Å². The van der Waals surface area contributed by atoms with Crippen molar-refractivity contribution in [1.82, 2.24) is 19.6 Å². The second-order valence-electron chi connectivity index (χ2n) is 6.56. The second kappa shape index (κ2) is 7.15. The monoisotopic (exact) mass is 361 g/mol. The number of halogens is 1. The minimum atomic E-state index is -0.258. The third-order valence-electron chi connectivity index (χ3n) is 4.57. The molecule has 0 fully saturated rings. The fraction of sp³-hybridized carbons (Fsp3) is 0.190. The van der Waals surface area contributed by atoms with Crippen LogP contribution in [0.5, 0.6) is 0 Å². The summed E-state index contributed by atoms with van der Waals surface area (Å²) in [7, 11) is 0. The molecule has 0 bridgehead atoms. The molecule has 0 aliphatic carbocycles. The van der Waals surface area contributed by atoms with E-state index < -0.39 is 0 Å². The van der Waals surface area contributed by atoms with Crippen molar-refractivity contribution >= 4 is 11.6 Å². The lowest BCUT2D eigenvalue weighted by Gasteiger charge is -2.12. The fourth-order valence-electron chi connectivity index (χ4n) is 3.03. The predicted molar refractivity (Wildman–Crippen MR) is 103 cm³/mol. The Morgan fingerprint density at radius 3 is 2.52 bits per heavy atom. The van der Waals surface area contributed by atoms with Gasteiger partial charge in [0.05, 0.1) is 0 Å². The first kappa shape index (κ1) is 17.1. The van der Waals surface area contributed by atoms with Crippen LogP contribution in [0.25, 0.3) is 5.78 Å². The lowest BCUT2D eigenvalue weighted by molar-refractivity contribution is 0.625. The lowest BCUT2D eigenvalue weighted by atomic mass is 10.1. The van der Waals surface area contributed by atoms with Crippen LogP contribution in [0.1, 0.15) is 28.2 Å². The molecule has 2 heterocycles. The molecule has 1 N–H and O–H groups in total. The van der Waals surface area contributed by atoms with Crippen LogP contribution in [0, 0.1) is 19.7 Å². The summed E-state index contributed by atoms with van der Waals surface area (Å²) in [5.41, 5.74) is 3.95. The summed E-state index contributed by atoms with van der Waals surface area (Å²) in [5.74, 6) is 1.77. The van der Waals surface area contributed by atoms with E-state index in [4.69, 9.17) is 0 Å². The Bertz CT molecular complexity index is 1090. The Morgan fingerprint density at radius 1 is 0.963 bits per heavy atom. The quantitative estimate of drug-likeness (QED) is 0.582. The van der Waals surface area contributed by atoms with Gasteiger partial charge in [-0.3, -0.25) is 0 Å². The van der Waals surface area contributed by atoms with Crippen LogP contribution in [0.3, 0.4) is 0 Å². The summed E-state index contributed by atoms with van der Waals surface area (Å²) in [6.07, 6.45) is 0.456. The fourth-order valence-corrected chi connectivity index (χ4v) is 3.03. The number of fused-ring (bicyclic) bond motifs is 1. The SMILES string of the molecule is Cc1nc2nc(Cc3cccc(F)c3)nn2c(NCc2ccccc2)c1C. The van der Waals surface area contributed by atoms with Gasteiger partial charge in [0.2, 0.25) is 0 Å². The first-order chi connectivity index (χ1) is 13.1. The van der Waals surface area contributed by atoms with E-state index >= 15 is 0 Å². The summed E-state index contributed by atoms with van der Waals surface area (Å²) in [4.78, 5) is 9.08. The zero-order chi connectivity index (χ0) is 18.8. The number of nitrogens with one attached hydrogen (secondary N) is 1. The maximum absolute atomic E-state index is 13.4. The number of benzene rings is 2. The summed E-state index contributed by atoms with van der Waals surface area (Å²) in [6, 6.07) is 16.7. The maximum atomic E-state index is 13.4. The molecular formula is C21H20FN5. The average Bonchev–Trinajstić information content (AvgIpc) is 3.04. The smallest absolute Gasteiger partial charge is 0.254 e. The highest BCUT2D eigenvalue weighted by Crippen LogP contribution is 2.20. The van der Waals surface area contributed by atoms with Gasteiger partial charge in [-0.1, -0.05) is 42.5 Å². The van der Waals surface area contributed by atoms with Gasteiger partial charge in [-0.15, -0.1) is 5.10 Å². The van der Waals surface area contributed by atoms with Gasteiger partial charge in [0.15, 0.2) is 5.82 Å². The van der Waals surface area contributed by atoms with Gasteiger partial charge in [-0.05, 0) is 37.1 Å². The van der Waals surface area contributed by atoms with Gasteiger partial charge in [-0.2, -0.15) is 9.50 Å². The van der Waals surface area contributed by atoms with E-state index in [2.05, 4.69) is 32.5 Å². The minimum Gasteiger partial charge on any atom is -0.366 e. The van der Waals surface area contributed by atoms with Crippen molar-refractivity contribution in [2.45, 2.75) is 26.8 Å². The van der Waals surface area contributed by atoms with E-state index in [9.17, 15) is 4.39 Å². The van der Waals surface area contributed by atoms with Gasteiger partial charge < -0.3 is 5.32 Å². The van der Waals surface area contributed by atoms with Gasteiger partial charge >= 0.3 is 0 Å².